The lowest BCUT2D eigenvalue weighted by molar-refractivity contribution is 0.470. The predicted octanol–water partition coefficient (Wildman–Crippen LogP) is 5.48. The Balaban J connectivity index is 0.00000225. The Labute approximate surface area is 168 Å². The maximum absolute atomic E-state index is 11.6. The van der Waals surface area contributed by atoms with Gasteiger partial charge in [-0.2, -0.15) is 0 Å². The molecule has 0 bridgehead atoms. The molecule has 0 fully saturated rings. The van der Waals surface area contributed by atoms with Crippen molar-refractivity contribution in [2.24, 2.45) is 0 Å². The summed E-state index contributed by atoms with van der Waals surface area (Å²) >= 11 is 11.5. The smallest absolute Gasteiger partial charge is 0.130 e. The van der Waals surface area contributed by atoms with Gasteiger partial charge < -0.3 is 9.87 Å². The van der Waals surface area contributed by atoms with Gasteiger partial charge in [0.2, 0.25) is 0 Å². The molecule has 0 saturated heterocycles. The summed E-state index contributed by atoms with van der Waals surface area (Å²) in [5.41, 5.74) is 4.96. The highest BCUT2D eigenvalue weighted by Crippen LogP contribution is 2.42. The summed E-state index contributed by atoms with van der Waals surface area (Å²) < 4.78 is 11.6. The molecule has 25 heavy (non-hydrogen) atoms. The summed E-state index contributed by atoms with van der Waals surface area (Å²) in [5, 5.41) is 4.60. The van der Waals surface area contributed by atoms with Crippen molar-refractivity contribution < 1.29 is 4.55 Å². The van der Waals surface area contributed by atoms with Gasteiger partial charge in [0.05, 0.1) is 16.3 Å². The fraction of sp³-hybridized carbons (Fsp3) is 0.368. The van der Waals surface area contributed by atoms with E-state index in [1.807, 2.05) is 19.2 Å². The Hall–Kier alpha value is -0.420. The summed E-state index contributed by atoms with van der Waals surface area (Å²) in [6.07, 6.45) is 3.87. The monoisotopic (exact) mass is 417 g/mol. The van der Waals surface area contributed by atoms with Crippen molar-refractivity contribution >= 4 is 46.8 Å². The van der Waals surface area contributed by atoms with Crippen molar-refractivity contribution in [2.75, 3.05) is 13.3 Å². The van der Waals surface area contributed by atoms with Crippen LogP contribution in [0.15, 0.2) is 36.4 Å². The van der Waals surface area contributed by atoms with Crippen molar-refractivity contribution in [2.45, 2.75) is 30.6 Å². The molecule has 2 aromatic carbocycles. The lowest BCUT2D eigenvalue weighted by atomic mass is 9.76. The van der Waals surface area contributed by atoms with Crippen LogP contribution in [0, 0.1) is 0 Å². The normalized spacial score (nSPS) is 20.5. The molecule has 2 nitrogen and oxygen atoms in total. The average molecular weight is 419 g/mol. The number of hydrogen-bond donors (Lipinski definition) is 1. The van der Waals surface area contributed by atoms with Crippen molar-refractivity contribution in [3.05, 3.63) is 68.7 Å². The third kappa shape index (κ3) is 4.65. The molecular weight excluding hydrogens is 397 g/mol. The second-order valence-electron chi connectivity index (χ2n) is 6.33. The molecule has 3 rings (SSSR count). The molecule has 1 N–H and O–H groups in total. The fourth-order valence-corrected chi connectivity index (χ4v) is 4.54. The van der Waals surface area contributed by atoms with E-state index in [4.69, 9.17) is 23.2 Å². The molecule has 0 aliphatic heterocycles. The lowest BCUT2D eigenvalue weighted by Crippen LogP contribution is -2.24. The maximum Gasteiger partial charge on any atom is 0.130 e. The Morgan fingerprint density at radius 1 is 1.08 bits per heavy atom. The van der Waals surface area contributed by atoms with Crippen molar-refractivity contribution in [3.63, 3.8) is 0 Å². The van der Waals surface area contributed by atoms with Gasteiger partial charge in [0.1, 0.15) is 5.75 Å². The van der Waals surface area contributed by atoms with E-state index in [-0.39, 0.29) is 12.4 Å². The second-order valence-corrected chi connectivity index (χ2v) is 8.58. The van der Waals surface area contributed by atoms with Crippen LogP contribution < -0.4 is 5.32 Å². The molecule has 3 atom stereocenters. The quantitative estimate of drug-likeness (QED) is 0.667. The summed E-state index contributed by atoms with van der Waals surface area (Å²) in [4.78, 5) is 0. The van der Waals surface area contributed by atoms with E-state index in [0.29, 0.717) is 27.8 Å². The Kier molecular flexibility index (Phi) is 7.51. The number of hydrogen-bond acceptors (Lipinski definition) is 2. The molecule has 1 aliphatic rings. The van der Waals surface area contributed by atoms with Gasteiger partial charge in [0.15, 0.2) is 0 Å². The van der Waals surface area contributed by atoms with Crippen molar-refractivity contribution in [3.8, 4) is 0 Å². The van der Waals surface area contributed by atoms with Crippen LogP contribution in [0.3, 0.4) is 0 Å². The first kappa shape index (κ1) is 20.9. The molecular formula is C19H22Cl3NOS. The fourth-order valence-electron chi connectivity index (χ4n) is 3.59. The van der Waals surface area contributed by atoms with E-state index in [0.717, 1.165) is 18.4 Å². The Morgan fingerprint density at radius 3 is 2.48 bits per heavy atom. The lowest BCUT2D eigenvalue weighted by Gasteiger charge is -2.32. The van der Waals surface area contributed by atoms with Crippen molar-refractivity contribution in [1.29, 1.82) is 0 Å². The van der Waals surface area contributed by atoms with Crippen LogP contribution in [0.4, 0.5) is 0 Å². The molecule has 0 heterocycles. The number of rotatable bonds is 4. The summed E-state index contributed by atoms with van der Waals surface area (Å²) in [6, 6.07) is 12.8. The van der Waals surface area contributed by atoms with Crippen LogP contribution in [0.1, 0.15) is 47.1 Å². The summed E-state index contributed by atoms with van der Waals surface area (Å²) in [6.45, 7) is 0. The van der Waals surface area contributed by atoms with Gasteiger partial charge in [-0.3, -0.25) is 0 Å². The summed E-state index contributed by atoms with van der Waals surface area (Å²) in [5.74, 6) is 0.918. The number of fused-ring (bicyclic) bond motifs is 1. The van der Waals surface area contributed by atoms with Gasteiger partial charge in [-0.05, 0) is 54.8 Å². The van der Waals surface area contributed by atoms with Crippen LogP contribution in [0.2, 0.25) is 10.0 Å². The van der Waals surface area contributed by atoms with Gasteiger partial charge in [-0.1, -0.05) is 52.6 Å². The van der Waals surface area contributed by atoms with E-state index >= 15 is 0 Å². The molecule has 6 heteroatoms. The topological polar surface area (TPSA) is 35.1 Å². The van der Waals surface area contributed by atoms with Crippen LogP contribution >= 0.6 is 35.6 Å². The molecule has 3 unspecified atom stereocenters. The van der Waals surface area contributed by atoms with Crippen LogP contribution in [-0.4, -0.2) is 17.9 Å². The van der Waals surface area contributed by atoms with E-state index < -0.39 is 11.2 Å². The maximum atomic E-state index is 11.6. The Morgan fingerprint density at radius 2 is 1.84 bits per heavy atom. The molecule has 0 spiro atoms. The van der Waals surface area contributed by atoms with E-state index in [1.165, 1.54) is 16.7 Å². The van der Waals surface area contributed by atoms with E-state index in [9.17, 15) is 4.55 Å². The van der Waals surface area contributed by atoms with Crippen molar-refractivity contribution in [1.82, 2.24) is 5.32 Å². The van der Waals surface area contributed by atoms with E-state index in [2.05, 4.69) is 29.6 Å². The summed E-state index contributed by atoms with van der Waals surface area (Å²) in [7, 11) is 2.00. The minimum absolute atomic E-state index is 0. The largest absolute Gasteiger partial charge is 0.616 e. The molecule has 0 amide bonds. The molecule has 1 aliphatic carbocycles. The third-order valence-corrected chi connectivity index (χ3v) is 6.19. The standard InChI is InChI=1S/C19H21Cl2NOS.ClH/c1-22-19-8-6-14(13-4-7-17(20)18(21)10-13)15-5-3-12(9-16(15)19)11-24(2)23;/h3-5,7,9-10,14,19,22H,6,8,11H2,1-2H3;1H. The second kappa shape index (κ2) is 8.98. The van der Waals surface area contributed by atoms with Gasteiger partial charge in [0, 0.05) is 17.5 Å². The van der Waals surface area contributed by atoms with Gasteiger partial charge in [-0.25, -0.2) is 0 Å². The van der Waals surface area contributed by atoms with Gasteiger partial charge >= 0.3 is 0 Å². The number of benzene rings is 2. The highest BCUT2D eigenvalue weighted by atomic mass is 35.5. The van der Waals surface area contributed by atoms with Crippen LogP contribution in [0.5, 0.6) is 0 Å². The zero-order valence-electron chi connectivity index (χ0n) is 14.2. The predicted molar refractivity (Wildman–Crippen MR) is 111 cm³/mol. The molecule has 136 valence electrons. The average Bonchev–Trinajstić information content (AvgIpc) is 2.55. The molecule has 0 saturated carbocycles. The molecule has 0 radical (unpaired) electrons. The first-order chi connectivity index (χ1) is 11.5. The first-order valence-corrected chi connectivity index (χ1v) is 10.5. The highest BCUT2D eigenvalue weighted by Gasteiger charge is 2.28. The number of halogens is 3. The van der Waals surface area contributed by atoms with Gasteiger partial charge in [-0.15, -0.1) is 12.4 Å². The Bertz CT molecular complexity index is 739. The zero-order chi connectivity index (χ0) is 17.3. The zero-order valence-corrected chi connectivity index (χ0v) is 17.4. The SMILES string of the molecule is CNC1CCC(c2ccc(Cl)c(Cl)c2)c2ccc(C[S+](C)[O-])cc21.Cl. The molecule has 2 aromatic rings. The van der Waals surface area contributed by atoms with Gasteiger partial charge in [0.25, 0.3) is 0 Å². The highest BCUT2D eigenvalue weighted by molar-refractivity contribution is 7.89. The minimum Gasteiger partial charge on any atom is -0.616 e. The molecule has 0 aromatic heterocycles. The third-order valence-electron chi connectivity index (χ3n) is 4.71. The van der Waals surface area contributed by atoms with E-state index in [1.54, 1.807) is 6.26 Å². The number of nitrogens with one attached hydrogen (secondary N) is 1. The van der Waals surface area contributed by atoms with Crippen LogP contribution in [-0.2, 0) is 16.9 Å². The minimum atomic E-state index is -0.834. The first-order valence-electron chi connectivity index (χ1n) is 8.04. The van der Waals surface area contributed by atoms with Crippen LogP contribution in [0.25, 0.3) is 0 Å².